The van der Waals surface area contributed by atoms with E-state index in [-0.39, 0.29) is 11.8 Å². The summed E-state index contributed by atoms with van der Waals surface area (Å²) in [6, 6.07) is 30.3. The number of aromatic nitrogens is 2. The average Bonchev–Trinajstić information content (AvgIpc) is 3.22. The Hall–Kier alpha value is -6.16. The number of para-hydroxylation sites is 2. The number of hydrogen-bond acceptors (Lipinski definition) is 8. The predicted octanol–water partition coefficient (Wildman–Crippen LogP) is 8.65. The second-order valence-electron chi connectivity index (χ2n) is 12.9. The van der Waals surface area contributed by atoms with Gasteiger partial charge < -0.3 is 29.6 Å². The highest BCUT2D eigenvalue weighted by atomic mass is 16.5. The van der Waals surface area contributed by atoms with Gasteiger partial charge in [-0.2, -0.15) is 0 Å². The molecule has 6 rings (SSSR count). The van der Waals surface area contributed by atoms with E-state index in [9.17, 15) is 9.59 Å². The van der Waals surface area contributed by atoms with Crippen LogP contribution in [0, 0.1) is 0 Å². The lowest BCUT2D eigenvalue weighted by atomic mass is 10.0. The lowest BCUT2D eigenvalue weighted by molar-refractivity contribution is 0.0946. The number of benzene rings is 4. The van der Waals surface area contributed by atoms with Gasteiger partial charge in [-0.05, 0) is 73.5 Å². The molecule has 0 aliphatic carbocycles. The van der Waals surface area contributed by atoms with Crippen LogP contribution < -0.4 is 29.6 Å². The molecule has 0 aliphatic heterocycles. The first-order valence-corrected chi connectivity index (χ1v) is 18.2. The Kier molecular flexibility index (Phi) is 12.6. The Bertz CT molecular complexity index is 2100. The van der Waals surface area contributed by atoms with E-state index in [0.717, 1.165) is 71.5 Å². The van der Waals surface area contributed by atoms with E-state index in [1.165, 1.54) is 0 Å². The molecule has 0 atom stereocenters. The maximum absolute atomic E-state index is 13.4. The van der Waals surface area contributed by atoms with E-state index < -0.39 is 0 Å². The number of carbonyl (C=O) groups is 2. The zero-order chi connectivity index (χ0) is 37.9. The molecule has 10 nitrogen and oxygen atoms in total. The number of amides is 2. The second-order valence-corrected chi connectivity index (χ2v) is 12.9. The minimum absolute atomic E-state index is 0.121. The maximum atomic E-state index is 13.4. The van der Waals surface area contributed by atoms with Crippen molar-refractivity contribution < 1.29 is 28.5 Å². The summed E-state index contributed by atoms with van der Waals surface area (Å²) in [5, 5.41) is 7.84. The van der Waals surface area contributed by atoms with E-state index in [0.29, 0.717) is 58.6 Å². The summed E-state index contributed by atoms with van der Waals surface area (Å²) < 4.78 is 21.7. The molecular formula is C44H46N4O6. The Morgan fingerprint density at radius 2 is 0.870 bits per heavy atom. The highest BCUT2D eigenvalue weighted by Crippen LogP contribution is 2.34. The van der Waals surface area contributed by atoms with Crippen LogP contribution in [0.4, 0.5) is 0 Å². The van der Waals surface area contributed by atoms with Gasteiger partial charge in [0.25, 0.3) is 11.8 Å². The number of ether oxygens (including phenoxy) is 4. The lowest BCUT2D eigenvalue weighted by Gasteiger charge is -2.13. The zero-order valence-electron chi connectivity index (χ0n) is 31.2. The molecule has 0 radical (unpaired) electrons. The van der Waals surface area contributed by atoms with Crippen LogP contribution in [-0.4, -0.2) is 63.3 Å². The monoisotopic (exact) mass is 726 g/mol. The van der Waals surface area contributed by atoms with Crippen LogP contribution >= 0.6 is 0 Å². The van der Waals surface area contributed by atoms with E-state index in [1.807, 2.05) is 97.1 Å². The fraction of sp³-hybridized carbons (Fsp3) is 0.273. The molecule has 0 unspecified atom stereocenters. The molecule has 10 heteroatoms. The molecule has 0 aliphatic rings. The van der Waals surface area contributed by atoms with Crippen LogP contribution in [0.5, 0.6) is 23.0 Å². The molecule has 6 aromatic rings. The Morgan fingerprint density at radius 3 is 1.28 bits per heavy atom. The summed E-state index contributed by atoms with van der Waals surface area (Å²) in [5.41, 5.74) is 5.71. The average molecular weight is 727 g/mol. The number of methoxy groups -OCH3 is 4. The Balaban J connectivity index is 0.964. The first kappa shape index (κ1) is 37.6. The molecule has 0 spiro atoms. The molecule has 2 heterocycles. The SMILES string of the molecule is COc1ccc(-c2cc(C(=O)NCCCCCCCCNC(=O)c3cc(-c4ccc(OC)c(OC)c4)nc4ccccc34)c3ccccc3n2)cc1OC. The second kappa shape index (κ2) is 18.1. The number of nitrogens with zero attached hydrogens (tertiary/aromatic N) is 2. The molecule has 0 saturated heterocycles. The standard InChI is InChI=1S/C44H46N4O6/c1-51-39-21-19-29(25-41(39)53-3)37-27-33(31-15-9-11-17-35(31)47-37)43(49)45-23-13-7-5-6-8-14-24-46-44(50)34-28-38(48-36-18-12-10-16-32(34)36)30-20-22-40(52-2)42(26-30)54-4/h9-12,15-22,25-28H,5-8,13-14,23-24H2,1-4H3,(H,45,49)(H,46,50). The molecule has 0 fully saturated rings. The highest BCUT2D eigenvalue weighted by molar-refractivity contribution is 6.08. The topological polar surface area (TPSA) is 121 Å². The third-order valence-corrected chi connectivity index (χ3v) is 9.45. The summed E-state index contributed by atoms with van der Waals surface area (Å²) in [5.74, 6) is 2.21. The highest BCUT2D eigenvalue weighted by Gasteiger charge is 2.17. The molecule has 0 saturated carbocycles. The van der Waals surface area contributed by atoms with Crippen molar-refractivity contribution in [2.45, 2.75) is 38.5 Å². The van der Waals surface area contributed by atoms with Crippen molar-refractivity contribution in [2.24, 2.45) is 0 Å². The van der Waals surface area contributed by atoms with Crippen LogP contribution in [0.2, 0.25) is 0 Å². The van der Waals surface area contributed by atoms with Gasteiger partial charge in [-0.15, -0.1) is 0 Å². The third kappa shape index (κ3) is 8.71. The van der Waals surface area contributed by atoms with E-state index in [4.69, 9.17) is 28.9 Å². The van der Waals surface area contributed by atoms with Crippen LogP contribution in [0.1, 0.15) is 59.2 Å². The van der Waals surface area contributed by atoms with Crippen molar-refractivity contribution in [3.05, 3.63) is 108 Å². The molecule has 2 aromatic heterocycles. The van der Waals surface area contributed by atoms with Crippen LogP contribution in [0.3, 0.4) is 0 Å². The van der Waals surface area contributed by atoms with Gasteiger partial charge in [0, 0.05) is 35.0 Å². The third-order valence-electron chi connectivity index (χ3n) is 9.45. The summed E-state index contributed by atoms with van der Waals surface area (Å²) in [6.45, 7) is 1.17. The van der Waals surface area contributed by atoms with Crippen LogP contribution in [0.15, 0.2) is 97.1 Å². The molecule has 278 valence electrons. The van der Waals surface area contributed by atoms with Gasteiger partial charge in [0.1, 0.15) is 0 Å². The number of fused-ring (bicyclic) bond motifs is 2. The molecule has 2 N–H and O–H groups in total. The first-order valence-electron chi connectivity index (χ1n) is 18.2. The van der Waals surface area contributed by atoms with E-state index in [2.05, 4.69) is 10.6 Å². The molecular weight excluding hydrogens is 681 g/mol. The maximum Gasteiger partial charge on any atom is 0.252 e. The van der Waals surface area contributed by atoms with Gasteiger partial charge in [0.15, 0.2) is 23.0 Å². The number of unbranched alkanes of at least 4 members (excludes halogenated alkanes) is 5. The normalized spacial score (nSPS) is 11.0. The van der Waals surface area contributed by atoms with Crippen molar-refractivity contribution in [3.8, 4) is 45.5 Å². The van der Waals surface area contributed by atoms with Gasteiger partial charge in [0.2, 0.25) is 0 Å². The van der Waals surface area contributed by atoms with Crippen molar-refractivity contribution in [1.82, 2.24) is 20.6 Å². The van der Waals surface area contributed by atoms with E-state index in [1.54, 1.807) is 28.4 Å². The van der Waals surface area contributed by atoms with Crippen molar-refractivity contribution >= 4 is 33.6 Å². The zero-order valence-corrected chi connectivity index (χ0v) is 31.2. The molecule has 0 bridgehead atoms. The lowest BCUT2D eigenvalue weighted by Crippen LogP contribution is -2.25. The Labute approximate surface area is 315 Å². The Morgan fingerprint density at radius 1 is 0.481 bits per heavy atom. The number of hydrogen-bond donors (Lipinski definition) is 2. The number of pyridine rings is 2. The van der Waals surface area contributed by atoms with Gasteiger partial charge >= 0.3 is 0 Å². The predicted molar refractivity (Wildman–Crippen MR) is 213 cm³/mol. The van der Waals surface area contributed by atoms with Gasteiger partial charge in [0.05, 0.1) is 62.0 Å². The summed E-state index contributed by atoms with van der Waals surface area (Å²) in [6.07, 6.45) is 5.87. The summed E-state index contributed by atoms with van der Waals surface area (Å²) in [4.78, 5) is 36.5. The number of carbonyl (C=O) groups excluding carboxylic acids is 2. The van der Waals surface area contributed by atoms with Crippen LogP contribution in [-0.2, 0) is 0 Å². The van der Waals surface area contributed by atoms with E-state index >= 15 is 0 Å². The minimum Gasteiger partial charge on any atom is -0.493 e. The molecule has 2 amide bonds. The minimum atomic E-state index is -0.121. The van der Waals surface area contributed by atoms with Crippen molar-refractivity contribution in [1.29, 1.82) is 0 Å². The van der Waals surface area contributed by atoms with Crippen LogP contribution in [0.25, 0.3) is 44.3 Å². The fourth-order valence-corrected chi connectivity index (χ4v) is 6.56. The summed E-state index contributed by atoms with van der Waals surface area (Å²) >= 11 is 0. The van der Waals surface area contributed by atoms with Crippen molar-refractivity contribution in [2.75, 3.05) is 41.5 Å². The number of nitrogens with one attached hydrogen (secondary N) is 2. The first-order chi connectivity index (χ1) is 26.4. The number of rotatable bonds is 17. The van der Waals surface area contributed by atoms with Crippen molar-refractivity contribution in [3.63, 3.8) is 0 Å². The van der Waals surface area contributed by atoms with Gasteiger partial charge in [-0.3, -0.25) is 9.59 Å². The summed E-state index contributed by atoms with van der Waals surface area (Å²) in [7, 11) is 6.39. The van der Waals surface area contributed by atoms with Gasteiger partial charge in [-0.25, -0.2) is 9.97 Å². The molecule has 54 heavy (non-hydrogen) atoms. The fourth-order valence-electron chi connectivity index (χ4n) is 6.56. The van der Waals surface area contributed by atoms with Gasteiger partial charge in [-0.1, -0.05) is 62.1 Å². The molecule has 4 aromatic carbocycles. The smallest absolute Gasteiger partial charge is 0.252 e. The quantitative estimate of drug-likeness (QED) is 0.0897. The largest absolute Gasteiger partial charge is 0.493 e.